The Morgan fingerprint density at radius 3 is 2.64 bits per heavy atom. The second-order valence-corrected chi connectivity index (χ2v) is 7.19. The number of nitrogens with zero attached hydrogens (tertiary/aromatic N) is 2. The van der Waals surface area contributed by atoms with Crippen molar-refractivity contribution in [3.8, 4) is 0 Å². The lowest BCUT2D eigenvalue weighted by atomic mass is 10.1. The van der Waals surface area contributed by atoms with Gasteiger partial charge in [-0.25, -0.2) is 4.79 Å². The molecule has 28 heavy (non-hydrogen) atoms. The van der Waals surface area contributed by atoms with Gasteiger partial charge in [0.25, 0.3) is 11.6 Å². The van der Waals surface area contributed by atoms with Crippen LogP contribution in [0.2, 0.25) is 0 Å². The van der Waals surface area contributed by atoms with Crippen molar-refractivity contribution in [2.75, 3.05) is 24.6 Å². The molecule has 8 nitrogen and oxygen atoms in total. The minimum absolute atomic E-state index is 0.00993. The number of nitrogens with one attached hydrogen (secondary N) is 1. The molecule has 0 aliphatic carbocycles. The van der Waals surface area contributed by atoms with Crippen molar-refractivity contribution in [2.45, 2.75) is 58.4 Å². The molecule has 1 aliphatic rings. The minimum Gasteiger partial charge on any atom is -0.452 e. The molecule has 0 spiro atoms. The zero-order valence-electron chi connectivity index (χ0n) is 16.6. The van der Waals surface area contributed by atoms with Gasteiger partial charge in [-0.3, -0.25) is 14.9 Å². The second-order valence-electron chi connectivity index (χ2n) is 7.19. The monoisotopic (exact) mass is 391 g/mol. The Balaban J connectivity index is 1.99. The average Bonchev–Trinajstić information content (AvgIpc) is 3.20. The molecule has 8 heteroatoms. The van der Waals surface area contributed by atoms with E-state index >= 15 is 0 Å². The standard InChI is InChI=1S/C20H29N3O5/c1-3-4-5-8-15(2)21-19(24)14-28-20(25)17-13-16(23(26)27)9-10-18(17)22-11-6-7-12-22/h9-10,13,15H,3-8,11-12,14H2,1-2H3,(H,21,24)/t15-/m1/s1. The van der Waals surface area contributed by atoms with E-state index in [0.717, 1.165) is 51.6 Å². The van der Waals surface area contributed by atoms with Crippen molar-refractivity contribution in [2.24, 2.45) is 0 Å². The third-order valence-electron chi connectivity index (χ3n) is 4.84. The number of carbonyl (C=O) groups is 2. The number of esters is 1. The number of unbranched alkanes of at least 4 members (excludes halogenated alkanes) is 2. The fourth-order valence-corrected chi connectivity index (χ4v) is 3.33. The fraction of sp³-hybridized carbons (Fsp3) is 0.600. The first-order valence-electron chi connectivity index (χ1n) is 9.92. The molecule has 154 valence electrons. The summed E-state index contributed by atoms with van der Waals surface area (Å²) in [6.45, 7) is 5.20. The maximum absolute atomic E-state index is 12.5. The number of rotatable bonds is 10. The summed E-state index contributed by atoms with van der Waals surface area (Å²) in [5.41, 5.74) is 0.560. The fourth-order valence-electron chi connectivity index (χ4n) is 3.33. The highest BCUT2D eigenvalue weighted by Gasteiger charge is 2.24. The van der Waals surface area contributed by atoms with E-state index in [-0.39, 0.29) is 23.2 Å². The molecule has 0 unspecified atom stereocenters. The molecule has 2 rings (SSSR count). The lowest BCUT2D eigenvalue weighted by Crippen LogP contribution is -2.36. The van der Waals surface area contributed by atoms with Gasteiger partial charge < -0.3 is 15.0 Å². The van der Waals surface area contributed by atoms with Crippen LogP contribution in [0.4, 0.5) is 11.4 Å². The second kappa shape index (κ2) is 10.6. The van der Waals surface area contributed by atoms with E-state index in [2.05, 4.69) is 12.2 Å². The maximum Gasteiger partial charge on any atom is 0.341 e. The molecule has 1 aromatic rings. The number of hydrogen-bond donors (Lipinski definition) is 1. The summed E-state index contributed by atoms with van der Waals surface area (Å²) < 4.78 is 5.15. The molecular weight excluding hydrogens is 362 g/mol. The lowest BCUT2D eigenvalue weighted by Gasteiger charge is -2.20. The topological polar surface area (TPSA) is 102 Å². The van der Waals surface area contributed by atoms with E-state index in [4.69, 9.17) is 4.74 Å². The van der Waals surface area contributed by atoms with Gasteiger partial charge in [0.05, 0.1) is 16.2 Å². The molecule has 1 amide bonds. The van der Waals surface area contributed by atoms with Crippen LogP contribution in [-0.2, 0) is 9.53 Å². The highest BCUT2D eigenvalue weighted by molar-refractivity contribution is 5.97. The van der Waals surface area contributed by atoms with Crippen molar-refractivity contribution < 1.29 is 19.2 Å². The maximum atomic E-state index is 12.5. The highest BCUT2D eigenvalue weighted by Crippen LogP contribution is 2.28. The van der Waals surface area contributed by atoms with Gasteiger partial charge in [-0.15, -0.1) is 0 Å². The highest BCUT2D eigenvalue weighted by atomic mass is 16.6. The third kappa shape index (κ3) is 6.21. The summed E-state index contributed by atoms with van der Waals surface area (Å²) in [5, 5.41) is 13.9. The number of amides is 1. The smallest absolute Gasteiger partial charge is 0.341 e. The summed E-state index contributed by atoms with van der Waals surface area (Å²) in [7, 11) is 0. The van der Waals surface area contributed by atoms with Crippen molar-refractivity contribution in [3.63, 3.8) is 0 Å². The van der Waals surface area contributed by atoms with E-state index in [9.17, 15) is 19.7 Å². The number of nitro benzene ring substituents is 1. The summed E-state index contributed by atoms with van der Waals surface area (Å²) in [6, 6.07) is 4.20. The average molecular weight is 391 g/mol. The van der Waals surface area contributed by atoms with E-state index in [1.165, 1.54) is 12.1 Å². The minimum atomic E-state index is -0.723. The van der Waals surface area contributed by atoms with Gasteiger partial charge in [-0.05, 0) is 32.3 Å². The molecule has 1 aromatic carbocycles. The van der Waals surface area contributed by atoms with Gasteiger partial charge in [0.2, 0.25) is 0 Å². The Kier molecular flexibility index (Phi) is 8.22. The summed E-state index contributed by atoms with van der Waals surface area (Å²) >= 11 is 0. The molecule has 0 saturated carbocycles. The van der Waals surface area contributed by atoms with Crippen LogP contribution in [-0.4, -0.2) is 42.5 Å². The number of anilines is 1. The van der Waals surface area contributed by atoms with Gasteiger partial charge in [0, 0.05) is 31.3 Å². The zero-order chi connectivity index (χ0) is 20.5. The van der Waals surface area contributed by atoms with Crippen LogP contribution in [0.1, 0.15) is 62.7 Å². The number of nitro groups is 1. The molecule has 0 aromatic heterocycles. The normalized spacial score (nSPS) is 14.6. The molecule has 1 atom stereocenters. The molecule has 1 fully saturated rings. The van der Waals surface area contributed by atoms with Crippen LogP contribution in [0, 0.1) is 10.1 Å². The van der Waals surface area contributed by atoms with Crippen LogP contribution in [0.15, 0.2) is 18.2 Å². The van der Waals surface area contributed by atoms with Gasteiger partial charge >= 0.3 is 5.97 Å². The van der Waals surface area contributed by atoms with Gasteiger partial charge in [0.15, 0.2) is 6.61 Å². The molecule has 0 radical (unpaired) electrons. The number of ether oxygens (including phenoxy) is 1. The molecule has 1 aliphatic heterocycles. The van der Waals surface area contributed by atoms with Crippen LogP contribution in [0.25, 0.3) is 0 Å². The van der Waals surface area contributed by atoms with Crippen LogP contribution in [0.3, 0.4) is 0 Å². The third-order valence-corrected chi connectivity index (χ3v) is 4.84. The SMILES string of the molecule is CCCCC[C@@H](C)NC(=O)COC(=O)c1cc([N+](=O)[O-])ccc1N1CCCC1. The largest absolute Gasteiger partial charge is 0.452 e. The Bertz CT molecular complexity index is 701. The van der Waals surface area contributed by atoms with Crippen LogP contribution >= 0.6 is 0 Å². The molecule has 1 N–H and O–H groups in total. The predicted molar refractivity (Wildman–Crippen MR) is 107 cm³/mol. The molecule has 1 saturated heterocycles. The molecule has 0 bridgehead atoms. The van der Waals surface area contributed by atoms with Crippen molar-refractivity contribution in [1.82, 2.24) is 5.32 Å². The van der Waals surface area contributed by atoms with E-state index < -0.39 is 17.5 Å². The first-order valence-corrected chi connectivity index (χ1v) is 9.92. The van der Waals surface area contributed by atoms with Crippen molar-refractivity contribution >= 4 is 23.3 Å². The first-order chi connectivity index (χ1) is 13.4. The Morgan fingerprint density at radius 2 is 2.00 bits per heavy atom. The van der Waals surface area contributed by atoms with Crippen LogP contribution < -0.4 is 10.2 Å². The molecule has 1 heterocycles. The van der Waals surface area contributed by atoms with Gasteiger partial charge in [-0.1, -0.05) is 26.2 Å². The number of carbonyl (C=O) groups excluding carboxylic acids is 2. The Hall–Kier alpha value is -2.64. The van der Waals surface area contributed by atoms with Gasteiger partial charge in [-0.2, -0.15) is 0 Å². The van der Waals surface area contributed by atoms with Crippen molar-refractivity contribution in [1.29, 1.82) is 0 Å². The zero-order valence-corrected chi connectivity index (χ0v) is 16.6. The number of benzene rings is 1. The molecular formula is C20H29N3O5. The van der Waals surface area contributed by atoms with E-state index in [0.29, 0.717) is 5.69 Å². The predicted octanol–water partition coefficient (Wildman–Crippen LogP) is 3.44. The number of non-ortho nitro benzene ring substituents is 1. The Labute approximate surface area is 165 Å². The lowest BCUT2D eigenvalue weighted by molar-refractivity contribution is -0.384. The Morgan fingerprint density at radius 1 is 1.29 bits per heavy atom. The van der Waals surface area contributed by atoms with Crippen LogP contribution in [0.5, 0.6) is 0 Å². The first kappa shape index (κ1) is 21.7. The summed E-state index contributed by atoms with van der Waals surface area (Å²) in [5.74, 6) is -1.09. The summed E-state index contributed by atoms with van der Waals surface area (Å²) in [6.07, 6.45) is 6.14. The summed E-state index contributed by atoms with van der Waals surface area (Å²) in [4.78, 5) is 37.1. The van der Waals surface area contributed by atoms with E-state index in [1.807, 2.05) is 11.8 Å². The van der Waals surface area contributed by atoms with Gasteiger partial charge in [0.1, 0.15) is 0 Å². The van der Waals surface area contributed by atoms with Crippen molar-refractivity contribution in [3.05, 3.63) is 33.9 Å². The quantitative estimate of drug-likeness (QED) is 0.284. The van der Waals surface area contributed by atoms with E-state index in [1.54, 1.807) is 6.07 Å². The number of hydrogen-bond acceptors (Lipinski definition) is 6.